The Bertz CT molecular complexity index is 494. The fourth-order valence-electron chi connectivity index (χ4n) is 3.89. The fraction of sp³-hybridized carbons (Fsp3) is 0.684. The van der Waals surface area contributed by atoms with Crippen LogP contribution in [0.1, 0.15) is 70.4 Å². The van der Waals surface area contributed by atoms with E-state index in [-0.39, 0.29) is 5.60 Å². The summed E-state index contributed by atoms with van der Waals surface area (Å²) in [6.45, 7) is 6.07. The number of benzene rings is 1. The minimum absolute atomic E-state index is 0.0431. The van der Waals surface area contributed by atoms with E-state index in [1.54, 1.807) is 0 Å². The van der Waals surface area contributed by atoms with Crippen LogP contribution in [0, 0.1) is 0 Å². The van der Waals surface area contributed by atoms with E-state index in [4.69, 9.17) is 9.47 Å². The zero-order chi connectivity index (χ0) is 15.4. The molecule has 3 nitrogen and oxygen atoms in total. The van der Waals surface area contributed by atoms with E-state index in [0.717, 1.165) is 37.5 Å². The summed E-state index contributed by atoms with van der Waals surface area (Å²) < 4.78 is 12.3. The Morgan fingerprint density at radius 1 is 1.23 bits per heavy atom. The minimum Gasteiger partial charge on any atom is -0.493 e. The van der Waals surface area contributed by atoms with Crippen molar-refractivity contribution in [2.75, 3.05) is 13.2 Å². The second kappa shape index (κ2) is 6.91. The van der Waals surface area contributed by atoms with Crippen LogP contribution >= 0.6 is 0 Å². The van der Waals surface area contributed by atoms with Crippen molar-refractivity contribution in [2.45, 2.75) is 70.4 Å². The van der Waals surface area contributed by atoms with Crippen LogP contribution in [0.4, 0.5) is 0 Å². The van der Waals surface area contributed by atoms with Crippen LogP contribution in [-0.2, 0) is 0 Å². The summed E-state index contributed by atoms with van der Waals surface area (Å²) in [6.07, 6.45) is 8.44. The molecule has 0 bridgehead atoms. The molecule has 22 heavy (non-hydrogen) atoms. The Kier molecular flexibility index (Phi) is 4.92. The average molecular weight is 303 g/mol. The molecule has 0 amide bonds. The normalized spacial score (nSPS) is 22.9. The van der Waals surface area contributed by atoms with Crippen molar-refractivity contribution in [1.29, 1.82) is 0 Å². The smallest absolute Gasteiger partial charge is 0.128 e. The molecular formula is C19H29NO2. The van der Waals surface area contributed by atoms with Crippen LogP contribution in [0.15, 0.2) is 18.2 Å². The van der Waals surface area contributed by atoms with Crippen LogP contribution in [0.3, 0.4) is 0 Å². The maximum Gasteiger partial charge on any atom is 0.128 e. The third kappa shape index (κ3) is 3.24. The van der Waals surface area contributed by atoms with Gasteiger partial charge in [-0.15, -0.1) is 0 Å². The summed E-state index contributed by atoms with van der Waals surface area (Å²) in [5.41, 5.74) is 1.34. The summed E-state index contributed by atoms with van der Waals surface area (Å²) in [7, 11) is 0. The first-order chi connectivity index (χ1) is 10.8. The van der Waals surface area contributed by atoms with Crippen LogP contribution in [0.25, 0.3) is 0 Å². The Labute approximate surface area is 134 Å². The zero-order valence-corrected chi connectivity index (χ0v) is 14.0. The van der Waals surface area contributed by atoms with E-state index in [1.165, 1.54) is 37.7 Å². The molecule has 2 aliphatic rings. The van der Waals surface area contributed by atoms with Gasteiger partial charge in [0, 0.05) is 24.1 Å². The number of nitrogens with one attached hydrogen (secondary N) is 1. The molecule has 1 fully saturated rings. The highest BCUT2D eigenvalue weighted by Crippen LogP contribution is 2.47. The molecule has 1 heterocycles. The molecule has 3 rings (SSSR count). The molecule has 1 saturated carbocycles. The van der Waals surface area contributed by atoms with E-state index in [9.17, 15) is 0 Å². The van der Waals surface area contributed by atoms with Crippen molar-refractivity contribution in [3.63, 3.8) is 0 Å². The SMILES string of the molecule is CCCOc1ccc2c(c1)OC1(CCCCC1)CC2NCC. The molecule has 1 aromatic carbocycles. The van der Waals surface area contributed by atoms with Gasteiger partial charge in [-0.05, 0) is 44.7 Å². The molecule has 1 aliphatic heterocycles. The predicted octanol–water partition coefficient (Wildman–Crippen LogP) is 4.61. The van der Waals surface area contributed by atoms with Gasteiger partial charge in [0.2, 0.25) is 0 Å². The van der Waals surface area contributed by atoms with Crippen LogP contribution in [0.5, 0.6) is 11.5 Å². The summed E-state index contributed by atoms with van der Waals surface area (Å²) in [6, 6.07) is 6.78. The maximum absolute atomic E-state index is 6.54. The first-order valence-electron chi connectivity index (χ1n) is 8.95. The minimum atomic E-state index is 0.0431. The van der Waals surface area contributed by atoms with E-state index in [0.29, 0.717) is 6.04 Å². The van der Waals surface area contributed by atoms with Gasteiger partial charge in [0.25, 0.3) is 0 Å². The van der Waals surface area contributed by atoms with E-state index in [2.05, 4.69) is 37.4 Å². The van der Waals surface area contributed by atoms with Crippen molar-refractivity contribution in [2.24, 2.45) is 0 Å². The molecule has 1 N–H and O–H groups in total. The van der Waals surface area contributed by atoms with Gasteiger partial charge in [-0.2, -0.15) is 0 Å². The van der Waals surface area contributed by atoms with Crippen molar-refractivity contribution in [3.8, 4) is 11.5 Å². The molecule has 1 spiro atoms. The third-order valence-corrected chi connectivity index (χ3v) is 4.95. The molecule has 1 aliphatic carbocycles. The molecular weight excluding hydrogens is 274 g/mol. The van der Waals surface area contributed by atoms with Gasteiger partial charge in [-0.1, -0.05) is 26.3 Å². The standard InChI is InChI=1S/C19H29NO2/c1-3-12-21-15-8-9-16-17(20-4-2)14-19(22-18(16)13-15)10-6-5-7-11-19/h8-9,13,17,20H,3-7,10-12,14H2,1-2H3. The Morgan fingerprint density at radius 2 is 2.05 bits per heavy atom. The van der Waals surface area contributed by atoms with E-state index in [1.807, 2.05) is 0 Å². The first-order valence-corrected chi connectivity index (χ1v) is 8.95. The number of hydrogen-bond acceptors (Lipinski definition) is 3. The predicted molar refractivity (Wildman–Crippen MR) is 89.7 cm³/mol. The summed E-state index contributed by atoms with van der Waals surface area (Å²) in [4.78, 5) is 0. The number of hydrogen-bond donors (Lipinski definition) is 1. The average Bonchev–Trinajstić information content (AvgIpc) is 2.53. The maximum atomic E-state index is 6.54. The fourth-order valence-corrected chi connectivity index (χ4v) is 3.89. The molecule has 122 valence electrons. The molecule has 0 radical (unpaired) electrons. The topological polar surface area (TPSA) is 30.5 Å². The number of rotatable bonds is 5. The molecule has 1 unspecified atom stereocenters. The lowest BCUT2D eigenvalue weighted by Gasteiger charge is -2.44. The highest BCUT2D eigenvalue weighted by Gasteiger charge is 2.41. The van der Waals surface area contributed by atoms with Crippen LogP contribution in [-0.4, -0.2) is 18.8 Å². The largest absolute Gasteiger partial charge is 0.493 e. The molecule has 3 heteroatoms. The summed E-state index contributed by atoms with van der Waals surface area (Å²) >= 11 is 0. The highest BCUT2D eigenvalue weighted by molar-refractivity contribution is 5.44. The first kappa shape index (κ1) is 15.7. The Morgan fingerprint density at radius 3 is 2.77 bits per heavy atom. The zero-order valence-electron chi connectivity index (χ0n) is 14.0. The number of fused-ring (bicyclic) bond motifs is 1. The summed E-state index contributed by atoms with van der Waals surface area (Å²) in [5, 5.41) is 3.65. The monoisotopic (exact) mass is 303 g/mol. The van der Waals surface area contributed by atoms with Gasteiger partial charge >= 0.3 is 0 Å². The van der Waals surface area contributed by atoms with Crippen LogP contribution < -0.4 is 14.8 Å². The Balaban J connectivity index is 1.87. The second-order valence-corrected chi connectivity index (χ2v) is 6.71. The highest BCUT2D eigenvalue weighted by atomic mass is 16.5. The van der Waals surface area contributed by atoms with Gasteiger partial charge in [0.1, 0.15) is 17.1 Å². The van der Waals surface area contributed by atoms with Crippen molar-refractivity contribution in [1.82, 2.24) is 5.32 Å². The second-order valence-electron chi connectivity index (χ2n) is 6.71. The summed E-state index contributed by atoms with van der Waals surface area (Å²) in [5.74, 6) is 1.97. The molecule has 0 saturated heterocycles. The van der Waals surface area contributed by atoms with Gasteiger partial charge in [0.15, 0.2) is 0 Å². The van der Waals surface area contributed by atoms with Crippen molar-refractivity contribution in [3.05, 3.63) is 23.8 Å². The van der Waals surface area contributed by atoms with E-state index < -0.39 is 0 Å². The quantitative estimate of drug-likeness (QED) is 0.861. The van der Waals surface area contributed by atoms with Crippen molar-refractivity contribution >= 4 is 0 Å². The molecule has 0 aromatic heterocycles. The lowest BCUT2D eigenvalue weighted by molar-refractivity contribution is -0.00265. The lowest BCUT2D eigenvalue weighted by atomic mass is 9.77. The van der Waals surface area contributed by atoms with Gasteiger partial charge < -0.3 is 14.8 Å². The third-order valence-electron chi connectivity index (χ3n) is 4.95. The molecule has 1 aromatic rings. The van der Waals surface area contributed by atoms with Gasteiger partial charge in [-0.3, -0.25) is 0 Å². The van der Waals surface area contributed by atoms with Crippen molar-refractivity contribution < 1.29 is 9.47 Å². The van der Waals surface area contributed by atoms with E-state index >= 15 is 0 Å². The lowest BCUT2D eigenvalue weighted by Crippen LogP contribution is -2.45. The number of ether oxygens (including phenoxy) is 2. The Hall–Kier alpha value is -1.22. The molecule has 1 atom stereocenters. The van der Waals surface area contributed by atoms with Gasteiger partial charge in [0.05, 0.1) is 6.61 Å². The van der Waals surface area contributed by atoms with Crippen LogP contribution in [0.2, 0.25) is 0 Å². The van der Waals surface area contributed by atoms with Gasteiger partial charge in [-0.25, -0.2) is 0 Å².